The van der Waals surface area contributed by atoms with E-state index in [1.54, 1.807) is 0 Å². The molecule has 1 saturated carbocycles. The van der Waals surface area contributed by atoms with Crippen LogP contribution in [0.5, 0.6) is 0 Å². The van der Waals surface area contributed by atoms with Gasteiger partial charge in [-0.1, -0.05) is 0 Å². The van der Waals surface area contributed by atoms with E-state index in [1.807, 2.05) is 0 Å². The van der Waals surface area contributed by atoms with Crippen molar-refractivity contribution in [1.29, 1.82) is 0 Å². The number of nitrogens with two attached hydrogens (primary N) is 1. The van der Waals surface area contributed by atoms with Crippen molar-refractivity contribution in [3.05, 3.63) is 0 Å². The van der Waals surface area contributed by atoms with Crippen LogP contribution in [-0.2, 0) is 15.5 Å². The van der Waals surface area contributed by atoms with Gasteiger partial charge in [-0.15, -0.1) is 12.4 Å². The number of rotatable bonds is 2. The topological polar surface area (TPSA) is 77.2 Å². The van der Waals surface area contributed by atoms with Crippen LogP contribution in [0.15, 0.2) is 0 Å². The lowest BCUT2D eigenvalue weighted by molar-refractivity contribution is -0.118. The fraction of sp³-hybridized carbons (Fsp3) is 0.750. The lowest BCUT2D eigenvalue weighted by atomic mass is 10.4. The molecular weight excluding hydrogens is 178 g/mol. The summed E-state index contributed by atoms with van der Waals surface area (Å²) in [5.74, 6) is -0.710. The number of hydrogen-bond donors (Lipinski definition) is 2. The maximum absolute atomic E-state index is 10.4. The fourth-order valence-electron chi connectivity index (χ4n) is 0.637. The van der Waals surface area contributed by atoms with Crippen LogP contribution in [0.25, 0.3) is 0 Å². The van der Waals surface area contributed by atoms with E-state index in [1.165, 1.54) is 0 Å². The van der Waals surface area contributed by atoms with Crippen molar-refractivity contribution in [1.82, 2.24) is 0 Å². The third-order valence-electron chi connectivity index (χ3n) is 1.53. The molecule has 0 bridgehead atoms. The zero-order chi connectivity index (χ0) is 7.07. The van der Waals surface area contributed by atoms with Crippen LogP contribution in [0.3, 0.4) is 0 Å². The summed E-state index contributed by atoms with van der Waals surface area (Å²) in [6.07, 6.45) is 0.808. The van der Waals surface area contributed by atoms with Crippen LogP contribution >= 0.6 is 12.4 Å². The molecule has 1 aliphatic carbocycles. The van der Waals surface area contributed by atoms with Gasteiger partial charge in [0, 0.05) is 0 Å². The van der Waals surface area contributed by atoms with Crippen LogP contribution in [-0.4, -0.2) is 19.1 Å². The Kier molecular flexibility index (Phi) is 2.67. The standard InChI is InChI=1S/C4H7NO3S.ClH/c5-3(6)4(1-2-4)9(7)8;/h9H,1-2H2,(H2,5,6);1H. The van der Waals surface area contributed by atoms with Crippen molar-refractivity contribution in [2.24, 2.45) is 5.73 Å². The number of primary amides is 1. The van der Waals surface area contributed by atoms with Gasteiger partial charge in [-0.25, -0.2) is 8.42 Å². The Morgan fingerprint density at radius 2 is 1.80 bits per heavy atom. The van der Waals surface area contributed by atoms with E-state index < -0.39 is 21.4 Å². The molecule has 0 heterocycles. The highest BCUT2D eigenvalue weighted by atomic mass is 35.5. The van der Waals surface area contributed by atoms with Gasteiger partial charge >= 0.3 is 0 Å². The quantitative estimate of drug-likeness (QED) is 0.544. The number of hydrogen-bond acceptors (Lipinski definition) is 3. The minimum absolute atomic E-state index is 0. The zero-order valence-corrected chi connectivity index (χ0v) is 6.78. The normalized spacial score (nSPS) is 19.7. The Labute approximate surface area is 66.1 Å². The van der Waals surface area contributed by atoms with E-state index in [0.29, 0.717) is 12.8 Å². The van der Waals surface area contributed by atoms with Gasteiger partial charge < -0.3 is 5.73 Å². The number of thiol groups is 1. The smallest absolute Gasteiger partial charge is 0.238 e. The average molecular weight is 186 g/mol. The summed E-state index contributed by atoms with van der Waals surface area (Å²) in [6.45, 7) is 0. The largest absolute Gasteiger partial charge is 0.368 e. The Balaban J connectivity index is 0.000000810. The van der Waals surface area contributed by atoms with Crippen LogP contribution in [0, 0.1) is 0 Å². The number of halogens is 1. The lowest BCUT2D eigenvalue weighted by Crippen LogP contribution is -2.31. The molecule has 60 valence electrons. The van der Waals surface area contributed by atoms with Gasteiger partial charge in [-0.3, -0.25) is 4.79 Å². The third-order valence-corrected chi connectivity index (χ3v) is 2.90. The molecule has 4 nitrogen and oxygen atoms in total. The predicted molar refractivity (Wildman–Crippen MR) is 38.7 cm³/mol. The van der Waals surface area contributed by atoms with Crippen LogP contribution < -0.4 is 5.73 Å². The molecular formula is C4H8ClNO3S. The van der Waals surface area contributed by atoms with Gasteiger partial charge in [0.2, 0.25) is 5.91 Å². The van der Waals surface area contributed by atoms with Crippen molar-refractivity contribution < 1.29 is 13.2 Å². The van der Waals surface area contributed by atoms with Crippen LogP contribution in [0.1, 0.15) is 12.8 Å². The van der Waals surface area contributed by atoms with E-state index in [4.69, 9.17) is 5.73 Å². The molecule has 1 aliphatic rings. The highest BCUT2D eigenvalue weighted by Crippen LogP contribution is 2.38. The Hall–Kier alpha value is -0.290. The summed E-state index contributed by atoms with van der Waals surface area (Å²) in [7, 11) is -2.65. The fourth-order valence-corrected chi connectivity index (χ4v) is 1.29. The summed E-state index contributed by atoms with van der Waals surface area (Å²) >= 11 is 0. The first-order valence-electron chi connectivity index (χ1n) is 2.54. The highest BCUT2D eigenvalue weighted by Gasteiger charge is 2.52. The van der Waals surface area contributed by atoms with Gasteiger partial charge in [0.25, 0.3) is 0 Å². The van der Waals surface area contributed by atoms with Crippen molar-refractivity contribution in [2.45, 2.75) is 17.6 Å². The number of amides is 1. The number of carbonyl (C=O) groups is 1. The molecule has 1 fully saturated rings. The minimum Gasteiger partial charge on any atom is -0.368 e. The van der Waals surface area contributed by atoms with Gasteiger partial charge in [-0.05, 0) is 12.8 Å². The van der Waals surface area contributed by atoms with Crippen LogP contribution in [0.4, 0.5) is 0 Å². The maximum Gasteiger partial charge on any atom is 0.238 e. The summed E-state index contributed by atoms with van der Waals surface area (Å²) in [6, 6.07) is 0. The zero-order valence-electron chi connectivity index (χ0n) is 5.07. The second-order valence-electron chi connectivity index (χ2n) is 2.15. The van der Waals surface area contributed by atoms with Gasteiger partial charge in [0.05, 0.1) is 0 Å². The molecule has 0 atom stereocenters. The van der Waals surface area contributed by atoms with E-state index >= 15 is 0 Å². The molecule has 10 heavy (non-hydrogen) atoms. The van der Waals surface area contributed by atoms with E-state index in [2.05, 4.69) is 0 Å². The first-order valence-corrected chi connectivity index (χ1v) is 3.72. The molecule has 1 amide bonds. The molecule has 0 aromatic carbocycles. The van der Waals surface area contributed by atoms with Crippen molar-refractivity contribution in [3.8, 4) is 0 Å². The molecule has 0 aromatic heterocycles. The SMILES string of the molecule is Cl.NC(=O)C1([SH](=O)=O)CC1. The Morgan fingerprint density at radius 3 is 1.80 bits per heavy atom. The first kappa shape index (κ1) is 9.71. The van der Waals surface area contributed by atoms with Gasteiger partial charge in [-0.2, -0.15) is 0 Å². The van der Waals surface area contributed by atoms with Crippen molar-refractivity contribution in [3.63, 3.8) is 0 Å². The monoisotopic (exact) mass is 185 g/mol. The van der Waals surface area contributed by atoms with Crippen LogP contribution in [0.2, 0.25) is 0 Å². The number of carbonyl (C=O) groups excluding carboxylic acids is 1. The highest BCUT2D eigenvalue weighted by molar-refractivity contribution is 7.75. The summed E-state index contributed by atoms with van der Waals surface area (Å²) in [5, 5.41) is 0. The van der Waals surface area contributed by atoms with Gasteiger partial charge in [0.1, 0.15) is 4.75 Å². The average Bonchev–Trinajstić information content (AvgIpc) is 2.40. The molecule has 0 aromatic rings. The molecule has 6 heteroatoms. The first-order chi connectivity index (χ1) is 4.09. The maximum atomic E-state index is 10.4. The van der Waals surface area contributed by atoms with Crippen molar-refractivity contribution in [2.75, 3.05) is 0 Å². The van der Waals surface area contributed by atoms with Gasteiger partial charge in [0.15, 0.2) is 10.7 Å². The predicted octanol–water partition coefficient (Wildman–Crippen LogP) is -0.963. The lowest BCUT2D eigenvalue weighted by Gasteiger charge is -1.96. The molecule has 0 saturated heterocycles. The summed E-state index contributed by atoms with van der Waals surface area (Å²) < 4.78 is 19.4. The molecule has 2 N–H and O–H groups in total. The third kappa shape index (κ3) is 1.24. The Bertz CT molecular complexity index is 213. The van der Waals surface area contributed by atoms with E-state index in [0.717, 1.165) is 0 Å². The Morgan fingerprint density at radius 1 is 1.40 bits per heavy atom. The minimum atomic E-state index is -2.65. The molecule has 0 spiro atoms. The van der Waals surface area contributed by atoms with E-state index in [-0.39, 0.29) is 12.4 Å². The van der Waals surface area contributed by atoms with E-state index in [9.17, 15) is 13.2 Å². The second kappa shape index (κ2) is 2.75. The molecule has 0 aliphatic heterocycles. The second-order valence-corrected chi connectivity index (χ2v) is 3.52. The summed E-state index contributed by atoms with van der Waals surface area (Å²) in [5.41, 5.74) is 4.81. The molecule has 0 unspecified atom stereocenters. The summed E-state index contributed by atoms with van der Waals surface area (Å²) in [4.78, 5) is 10.4. The molecule has 1 rings (SSSR count). The van der Waals surface area contributed by atoms with Crippen molar-refractivity contribution >= 4 is 29.0 Å². The molecule has 0 radical (unpaired) electrons.